The van der Waals surface area contributed by atoms with Gasteiger partial charge in [0, 0.05) is 0 Å². The summed E-state index contributed by atoms with van der Waals surface area (Å²) in [5.41, 5.74) is 0. The number of fused-ring (bicyclic) bond motifs is 6. The summed E-state index contributed by atoms with van der Waals surface area (Å²) in [5.74, 6) is 12.3. The van der Waals surface area contributed by atoms with Crippen molar-refractivity contribution >= 4 is 5.97 Å². The SMILES string of the molecule is CCCCCCCCCCCCCCOC(=O)C1CCCC2CC3CC4CC5CC6CC7CCCCC7CC6CC5CC4CC3CC21. The van der Waals surface area contributed by atoms with Crippen LogP contribution in [-0.4, -0.2) is 12.6 Å². The summed E-state index contributed by atoms with van der Waals surface area (Å²) in [4.78, 5) is 13.5. The van der Waals surface area contributed by atoms with Gasteiger partial charge in [0.25, 0.3) is 0 Å². The number of esters is 1. The van der Waals surface area contributed by atoms with Crippen LogP contribution in [0, 0.1) is 76.9 Å². The first-order chi connectivity index (χ1) is 23.2. The highest BCUT2D eigenvalue weighted by atomic mass is 16.5. The molecular weight excluding hydrogens is 572 g/mol. The Balaban J connectivity index is 0.825. The van der Waals surface area contributed by atoms with Crippen LogP contribution in [0.15, 0.2) is 0 Å². The molecule has 0 aromatic carbocycles. The van der Waals surface area contributed by atoms with E-state index in [0.717, 1.165) is 77.9 Å². The molecule has 268 valence electrons. The number of carbonyl (C=O) groups excluding carboxylic acids is 1. The third-order valence-electron chi connectivity index (χ3n) is 16.5. The molecule has 0 saturated heterocycles. The highest BCUT2D eigenvalue weighted by Crippen LogP contribution is 2.61. The fraction of sp³-hybridized carbons (Fsp3) is 0.978. The molecule has 0 aromatic rings. The van der Waals surface area contributed by atoms with Crippen molar-refractivity contribution in [3.05, 3.63) is 0 Å². The van der Waals surface area contributed by atoms with E-state index < -0.39 is 0 Å². The van der Waals surface area contributed by atoms with Gasteiger partial charge < -0.3 is 4.74 Å². The normalized spacial score (nSPS) is 42.5. The fourth-order valence-electron chi connectivity index (χ4n) is 14.1. The summed E-state index contributed by atoms with van der Waals surface area (Å²) >= 11 is 0. The lowest BCUT2D eigenvalue weighted by molar-refractivity contribution is -0.156. The highest BCUT2D eigenvalue weighted by Gasteiger charge is 2.52. The van der Waals surface area contributed by atoms with Gasteiger partial charge in [-0.25, -0.2) is 0 Å². The van der Waals surface area contributed by atoms with E-state index in [0.29, 0.717) is 12.5 Å². The van der Waals surface area contributed by atoms with Crippen LogP contribution in [0.25, 0.3) is 0 Å². The van der Waals surface area contributed by atoms with Gasteiger partial charge in [0.1, 0.15) is 0 Å². The van der Waals surface area contributed by atoms with Gasteiger partial charge in [0.15, 0.2) is 0 Å². The zero-order valence-corrected chi connectivity index (χ0v) is 31.0. The van der Waals surface area contributed by atoms with Gasteiger partial charge in [-0.2, -0.15) is 0 Å². The molecule has 7 fully saturated rings. The number of hydrogen-bond donors (Lipinski definition) is 0. The Morgan fingerprint density at radius 3 is 1.30 bits per heavy atom. The topological polar surface area (TPSA) is 26.3 Å². The van der Waals surface area contributed by atoms with E-state index >= 15 is 0 Å². The molecule has 7 aliphatic carbocycles. The van der Waals surface area contributed by atoms with Crippen LogP contribution in [0.4, 0.5) is 0 Å². The zero-order chi connectivity index (χ0) is 32.0. The predicted octanol–water partition coefficient (Wildman–Crippen LogP) is 13.0. The second-order valence-corrected chi connectivity index (χ2v) is 19.3. The summed E-state index contributed by atoms with van der Waals surface area (Å²) in [6.07, 6.45) is 41.7. The minimum absolute atomic E-state index is 0.194. The molecule has 13 atom stereocenters. The van der Waals surface area contributed by atoms with Crippen molar-refractivity contribution in [1.82, 2.24) is 0 Å². The van der Waals surface area contributed by atoms with Crippen molar-refractivity contribution < 1.29 is 9.53 Å². The van der Waals surface area contributed by atoms with E-state index in [9.17, 15) is 4.79 Å². The van der Waals surface area contributed by atoms with Crippen molar-refractivity contribution in [3.63, 3.8) is 0 Å². The van der Waals surface area contributed by atoms with E-state index in [1.165, 1.54) is 116 Å². The molecule has 7 rings (SSSR count). The van der Waals surface area contributed by atoms with Crippen LogP contribution >= 0.6 is 0 Å². The van der Waals surface area contributed by atoms with Gasteiger partial charge in [-0.3, -0.25) is 4.79 Å². The van der Waals surface area contributed by atoms with Crippen LogP contribution in [0.2, 0.25) is 0 Å². The van der Waals surface area contributed by atoms with Gasteiger partial charge in [0.05, 0.1) is 12.5 Å². The van der Waals surface area contributed by atoms with Crippen molar-refractivity contribution in [3.8, 4) is 0 Å². The first-order valence-electron chi connectivity index (χ1n) is 22.3. The minimum Gasteiger partial charge on any atom is -0.465 e. The highest BCUT2D eigenvalue weighted by molar-refractivity contribution is 5.73. The molecule has 0 radical (unpaired) electrons. The van der Waals surface area contributed by atoms with Crippen molar-refractivity contribution in [2.45, 2.75) is 193 Å². The van der Waals surface area contributed by atoms with Crippen molar-refractivity contribution in [2.24, 2.45) is 76.9 Å². The Morgan fingerprint density at radius 1 is 0.426 bits per heavy atom. The molecule has 0 spiro atoms. The van der Waals surface area contributed by atoms with Gasteiger partial charge >= 0.3 is 5.97 Å². The number of ether oxygens (including phenoxy) is 1. The number of carbonyl (C=O) groups is 1. The molecule has 0 N–H and O–H groups in total. The average Bonchev–Trinajstić information content (AvgIpc) is 3.08. The van der Waals surface area contributed by atoms with Crippen molar-refractivity contribution in [1.29, 1.82) is 0 Å². The fourth-order valence-corrected chi connectivity index (χ4v) is 14.1. The minimum atomic E-state index is 0.194. The molecule has 0 bridgehead atoms. The Kier molecular flexibility index (Phi) is 12.7. The molecule has 13 unspecified atom stereocenters. The average molecular weight is 649 g/mol. The molecule has 0 aliphatic heterocycles. The van der Waals surface area contributed by atoms with Crippen LogP contribution in [-0.2, 0) is 9.53 Å². The van der Waals surface area contributed by atoms with Gasteiger partial charge in [-0.1, -0.05) is 116 Å². The molecule has 2 nitrogen and oxygen atoms in total. The van der Waals surface area contributed by atoms with Crippen LogP contribution in [0.3, 0.4) is 0 Å². The quantitative estimate of drug-likeness (QED) is 0.138. The lowest BCUT2D eigenvalue weighted by atomic mass is 9.48. The zero-order valence-electron chi connectivity index (χ0n) is 31.0. The lowest BCUT2D eigenvalue weighted by Crippen LogP contribution is -2.48. The third kappa shape index (κ3) is 8.68. The summed E-state index contributed by atoms with van der Waals surface area (Å²) in [6.45, 7) is 2.97. The van der Waals surface area contributed by atoms with Crippen LogP contribution in [0.5, 0.6) is 0 Å². The van der Waals surface area contributed by atoms with E-state index in [1.807, 2.05) is 0 Å². The smallest absolute Gasteiger partial charge is 0.309 e. The Labute approximate surface area is 291 Å². The molecular formula is C45H76O2. The van der Waals surface area contributed by atoms with Gasteiger partial charge in [-0.15, -0.1) is 0 Å². The Bertz CT molecular complexity index is 958. The standard InChI is InChI=1S/C45H76O2/c1-2-3-4-5-6-7-8-9-10-11-12-15-21-47-45(46)43-20-16-19-34-24-37-27-40-28-38-25-35-22-32-17-13-14-18-33(32)23-36(35)26-39(38)29-41(40)30-42(37)31-44(34)43/h32-44H,2-31H2,1H3. The molecule has 2 heteroatoms. The van der Waals surface area contributed by atoms with E-state index in [2.05, 4.69) is 6.92 Å². The van der Waals surface area contributed by atoms with Crippen molar-refractivity contribution in [2.75, 3.05) is 6.61 Å². The number of rotatable bonds is 14. The molecule has 7 aliphatic rings. The van der Waals surface area contributed by atoms with E-state index in [4.69, 9.17) is 4.74 Å². The molecule has 0 aromatic heterocycles. The van der Waals surface area contributed by atoms with Gasteiger partial charge in [0.2, 0.25) is 0 Å². The van der Waals surface area contributed by atoms with E-state index in [1.54, 1.807) is 57.8 Å². The summed E-state index contributed by atoms with van der Waals surface area (Å²) in [6, 6.07) is 0. The molecule has 47 heavy (non-hydrogen) atoms. The monoisotopic (exact) mass is 649 g/mol. The largest absolute Gasteiger partial charge is 0.465 e. The second kappa shape index (κ2) is 17.1. The van der Waals surface area contributed by atoms with Crippen LogP contribution in [0.1, 0.15) is 193 Å². The first-order valence-corrected chi connectivity index (χ1v) is 22.3. The Hall–Kier alpha value is -0.530. The Morgan fingerprint density at radius 2 is 0.809 bits per heavy atom. The predicted molar refractivity (Wildman–Crippen MR) is 196 cm³/mol. The summed E-state index contributed by atoms with van der Waals surface area (Å²) < 4.78 is 6.04. The number of hydrogen-bond acceptors (Lipinski definition) is 2. The maximum atomic E-state index is 13.5. The maximum Gasteiger partial charge on any atom is 0.309 e. The summed E-state index contributed by atoms with van der Waals surface area (Å²) in [5, 5.41) is 0. The summed E-state index contributed by atoms with van der Waals surface area (Å²) in [7, 11) is 0. The van der Waals surface area contributed by atoms with E-state index in [-0.39, 0.29) is 11.9 Å². The van der Waals surface area contributed by atoms with Crippen LogP contribution < -0.4 is 0 Å². The number of unbranched alkanes of at least 4 members (excludes halogenated alkanes) is 11. The second-order valence-electron chi connectivity index (χ2n) is 19.3. The third-order valence-corrected chi connectivity index (χ3v) is 16.5. The van der Waals surface area contributed by atoms with Gasteiger partial charge in [-0.05, 0) is 148 Å². The molecule has 0 amide bonds. The first kappa shape index (κ1) is 34.9. The molecule has 7 saturated carbocycles. The maximum absolute atomic E-state index is 13.5. The molecule has 0 heterocycles. The lowest BCUT2D eigenvalue weighted by Gasteiger charge is -2.57.